The summed E-state index contributed by atoms with van der Waals surface area (Å²) in [7, 11) is 0. The van der Waals surface area contributed by atoms with E-state index in [1.54, 1.807) is 6.07 Å². The number of rotatable bonds is 3. The molecule has 3 nitrogen and oxygen atoms in total. The molecule has 2 aliphatic rings. The molecule has 0 unspecified atom stereocenters. The standard InChI is InChI=1S/C19H22ClNO2/c1-10-14-4-3-5-16(20)18(14)23-17(10)19(22)21-11(2)15-9-12-6-7-13(15)8-12/h3-5,11-13,15H,6-9H2,1-2H3,(H,21,22)/t11-,12-,13-,15+/m1/s1. The number of halogens is 1. The van der Waals surface area contributed by atoms with Crippen LogP contribution in [0, 0.1) is 24.7 Å². The van der Waals surface area contributed by atoms with E-state index in [1.807, 2.05) is 19.1 Å². The third-order valence-electron chi connectivity index (χ3n) is 5.92. The highest BCUT2D eigenvalue weighted by atomic mass is 35.5. The summed E-state index contributed by atoms with van der Waals surface area (Å²) in [5.74, 6) is 2.57. The second-order valence-electron chi connectivity index (χ2n) is 7.27. The second kappa shape index (κ2) is 5.55. The Kier molecular flexibility index (Phi) is 3.64. The summed E-state index contributed by atoms with van der Waals surface area (Å²) < 4.78 is 5.77. The molecular weight excluding hydrogens is 310 g/mol. The molecule has 23 heavy (non-hydrogen) atoms. The molecule has 4 rings (SSSR count). The largest absolute Gasteiger partial charge is 0.449 e. The van der Waals surface area contributed by atoms with Crippen LogP contribution in [-0.4, -0.2) is 11.9 Å². The van der Waals surface area contributed by atoms with Gasteiger partial charge in [-0.05, 0) is 56.9 Å². The Labute approximate surface area is 141 Å². The van der Waals surface area contributed by atoms with E-state index in [0.717, 1.165) is 22.8 Å². The van der Waals surface area contributed by atoms with Crippen molar-refractivity contribution >= 4 is 28.5 Å². The van der Waals surface area contributed by atoms with Crippen molar-refractivity contribution in [3.8, 4) is 0 Å². The van der Waals surface area contributed by atoms with E-state index in [1.165, 1.54) is 25.7 Å². The Morgan fingerprint density at radius 3 is 2.83 bits per heavy atom. The molecule has 2 saturated carbocycles. The monoisotopic (exact) mass is 331 g/mol. The van der Waals surface area contributed by atoms with E-state index in [0.29, 0.717) is 22.3 Å². The zero-order chi connectivity index (χ0) is 16.1. The number of nitrogens with one attached hydrogen (secondary N) is 1. The minimum atomic E-state index is -0.120. The molecule has 0 radical (unpaired) electrons. The summed E-state index contributed by atoms with van der Waals surface area (Å²) in [5, 5.41) is 4.63. The Bertz CT molecular complexity index is 766. The predicted octanol–water partition coefficient (Wildman–Crippen LogP) is 4.95. The number of carbonyl (C=O) groups excluding carboxylic acids is 1. The van der Waals surface area contributed by atoms with Gasteiger partial charge in [0, 0.05) is 17.0 Å². The summed E-state index contributed by atoms with van der Waals surface area (Å²) in [4.78, 5) is 12.7. The molecule has 1 aromatic heterocycles. The first-order chi connectivity index (χ1) is 11.0. The number of hydrogen-bond donors (Lipinski definition) is 1. The summed E-state index contributed by atoms with van der Waals surface area (Å²) in [6.45, 7) is 4.05. The molecule has 122 valence electrons. The van der Waals surface area contributed by atoms with Crippen LogP contribution in [0.2, 0.25) is 5.02 Å². The maximum Gasteiger partial charge on any atom is 0.287 e. The van der Waals surface area contributed by atoms with E-state index in [9.17, 15) is 4.79 Å². The first-order valence-corrected chi connectivity index (χ1v) is 8.91. The molecular formula is C19H22ClNO2. The van der Waals surface area contributed by atoms with Gasteiger partial charge in [0.05, 0.1) is 5.02 Å². The van der Waals surface area contributed by atoms with Crippen LogP contribution >= 0.6 is 11.6 Å². The quantitative estimate of drug-likeness (QED) is 0.864. The summed E-state index contributed by atoms with van der Waals surface area (Å²) in [6, 6.07) is 5.80. The van der Waals surface area contributed by atoms with Gasteiger partial charge in [0.15, 0.2) is 11.3 Å². The van der Waals surface area contributed by atoms with Crippen molar-refractivity contribution < 1.29 is 9.21 Å². The van der Waals surface area contributed by atoms with Gasteiger partial charge < -0.3 is 9.73 Å². The Morgan fingerprint density at radius 1 is 1.35 bits per heavy atom. The minimum absolute atomic E-state index is 0.120. The molecule has 1 heterocycles. The summed E-state index contributed by atoms with van der Waals surface area (Å²) >= 11 is 6.17. The van der Waals surface area contributed by atoms with Gasteiger partial charge in [0.1, 0.15) is 0 Å². The normalized spacial score (nSPS) is 27.5. The highest BCUT2D eigenvalue weighted by molar-refractivity contribution is 6.35. The Morgan fingerprint density at radius 2 is 2.17 bits per heavy atom. The van der Waals surface area contributed by atoms with Crippen LogP contribution in [0.15, 0.2) is 22.6 Å². The van der Waals surface area contributed by atoms with Crippen LogP contribution in [0.1, 0.15) is 48.7 Å². The van der Waals surface area contributed by atoms with Crippen LogP contribution in [0.4, 0.5) is 0 Å². The fourth-order valence-corrected chi connectivity index (χ4v) is 4.92. The number of furan rings is 1. The lowest BCUT2D eigenvalue weighted by atomic mass is 9.84. The second-order valence-corrected chi connectivity index (χ2v) is 7.68. The van der Waals surface area contributed by atoms with Gasteiger partial charge in [-0.15, -0.1) is 0 Å². The topological polar surface area (TPSA) is 42.2 Å². The SMILES string of the molecule is Cc1c(C(=O)N[C@H](C)[C@@H]2C[C@@H]3CC[C@@H]2C3)oc2c(Cl)cccc12. The fourth-order valence-electron chi connectivity index (χ4n) is 4.71. The predicted molar refractivity (Wildman–Crippen MR) is 91.8 cm³/mol. The number of hydrogen-bond acceptors (Lipinski definition) is 2. The van der Waals surface area contributed by atoms with Gasteiger partial charge in [-0.3, -0.25) is 4.79 Å². The Hall–Kier alpha value is -1.48. The van der Waals surface area contributed by atoms with Crippen LogP contribution in [0.3, 0.4) is 0 Å². The number of para-hydroxylation sites is 1. The number of aryl methyl sites for hydroxylation is 1. The Balaban J connectivity index is 1.55. The van der Waals surface area contributed by atoms with E-state index < -0.39 is 0 Å². The van der Waals surface area contributed by atoms with Crippen LogP contribution < -0.4 is 5.32 Å². The third-order valence-corrected chi connectivity index (χ3v) is 6.21. The molecule has 0 aliphatic heterocycles. The van der Waals surface area contributed by atoms with Crippen molar-refractivity contribution in [3.63, 3.8) is 0 Å². The molecule has 2 aromatic rings. The average molecular weight is 332 g/mol. The summed E-state index contributed by atoms with van der Waals surface area (Å²) in [6.07, 6.45) is 5.32. The van der Waals surface area contributed by atoms with Gasteiger partial charge in [0.25, 0.3) is 5.91 Å². The number of amides is 1. The van der Waals surface area contributed by atoms with E-state index in [-0.39, 0.29) is 11.9 Å². The molecule has 2 bridgehead atoms. The van der Waals surface area contributed by atoms with E-state index in [2.05, 4.69) is 12.2 Å². The molecule has 4 atom stereocenters. The van der Waals surface area contributed by atoms with Gasteiger partial charge in [-0.1, -0.05) is 30.2 Å². The zero-order valence-electron chi connectivity index (χ0n) is 13.6. The van der Waals surface area contributed by atoms with Gasteiger partial charge >= 0.3 is 0 Å². The molecule has 0 saturated heterocycles. The zero-order valence-corrected chi connectivity index (χ0v) is 14.3. The molecule has 1 N–H and O–H groups in total. The fraction of sp³-hybridized carbons (Fsp3) is 0.526. The van der Waals surface area contributed by atoms with Crippen molar-refractivity contribution in [2.75, 3.05) is 0 Å². The lowest BCUT2D eigenvalue weighted by Crippen LogP contribution is -2.40. The lowest BCUT2D eigenvalue weighted by Gasteiger charge is -2.28. The highest BCUT2D eigenvalue weighted by Crippen LogP contribution is 2.49. The van der Waals surface area contributed by atoms with Crippen molar-refractivity contribution in [1.29, 1.82) is 0 Å². The van der Waals surface area contributed by atoms with E-state index in [4.69, 9.17) is 16.0 Å². The van der Waals surface area contributed by atoms with Crippen molar-refractivity contribution in [1.82, 2.24) is 5.32 Å². The van der Waals surface area contributed by atoms with Gasteiger partial charge in [-0.2, -0.15) is 0 Å². The van der Waals surface area contributed by atoms with Crippen LogP contribution in [-0.2, 0) is 0 Å². The molecule has 4 heteroatoms. The van der Waals surface area contributed by atoms with E-state index >= 15 is 0 Å². The van der Waals surface area contributed by atoms with Gasteiger partial charge in [0.2, 0.25) is 0 Å². The molecule has 1 aromatic carbocycles. The van der Waals surface area contributed by atoms with Crippen molar-refractivity contribution in [3.05, 3.63) is 34.5 Å². The number of fused-ring (bicyclic) bond motifs is 3. The summed E-state index contributed by atoms with van der Waals surface area (Å²) in [5.41, 5.74) is 1.46. The minimum Gasteiger partial charge on any atom is -0.449 e. The maximum atomic E-state index is 12.7. The first kappa shape index (κ1) is 15.1. The average Bonchev–Trinajstić information content (AvgIpc) is 3.22. The smallest absolute Gasteiger partial charge is 0.287 e. The molecule has 1 amide bonds. The third kappa shape index (κ3) is 2.46. The molecule has 2 aliphatic carbocycles. The van der Waals surface area contributed by atoms with Crippen LogP contribution in [0.25, 0.3) is 11.0 Å². The first-order valence-electron chi connectivity index (χ1n) is 8.53. The lowest BCUT2D eigenvalue weighted by molar-refractivity contribution is 0.0888. The van der Waals surface area contributed by atoms with Crippen LogP contribution in [0.5, 0.6) is 0 Å². The maximum absolute atomic E-state index is 12.7. The van der Waals surface area contributed by atoms with Crippen molar-refractivity contribution in [2.24, 2.45) is 17.8 Å². The number of carbonyl (C=O) groups is 1. The highest BCUT2D eigenvalue weighted by Gasteiger charge is 2.42. The van der Waals surface area contributed by atoms with Gasteiger partial charge in [-0.25, -0.2) is 0 Å². The molecule has 2 fully saturated rings. The van der Waals surface area contributed by atoms with Crippen molar-refractivity contribution in [2.45, 2.75) is 45.6 Å². The number of benzene rings is 1. The molecule has 0 spiro atoms.